The van der Waals surface area contributed by atoms with Crippen molar-refractivity contribution in [3.63, 3.8) is 0 Å². The van der Waals surface area contributed by atoms with Crippen LogP contribution in [0.4, 0.5) is 0 Å². The number of rotatable bonds is 0. The summed E-state index contributed by atoms with van der Waals surface area (Å²) in [6.07, 6.45) is 6.76. The van der Waals surface area contributed by atoms with E-state index < -0.39 is 0 Å². The number of ether oxygens (including phenoxy) is 1. The first-order chi connectivity index (χ1) is 5.73. The maximum absolute atomic E-state index is 11.0. The molecule has 0 aromatic heterocycles. The maximum atomic E-state index is 11.0. The van der Waals surface area contributed by atoms with E-state index in [9.17, 15) is 4.79 Å². The Hall–Kier alpha value is -0.310. The second kappa shape index (κ2) is 2.87. The van der Waals surface area contributed by atoms with Gasteiger partial charge in [0.1, 0.15) is 5.60 Å². The topological polar surface area (TPSA) is 26.3 Å². The largest absolute Gasteiger partial charge is 0.454 e. The summed E-state index contributed by atoms with van der Waals surface area (Å²) in [4.78, 5) is 11.0. The van der Waals surface area contributed by atoms with Gasteiger partial charge in [-0.05, 0) is 19.3 Å². The smallest absolute Gasteiger partial charge is 0.306 e. The van der Waals surface area contributed by atoms with Crippen LogP contribution in [0, 0.1) is 0 Å². The summed E-state index contributed by atoms with van der Waals surface area (Å²) < 4.78 is 6.42. The summed E-state index contributed by atoms with van der Waals surface area (Å²) >= 11 is 3.48. The lowest BCUT2D eigenvalue weighted by Gasteiger charge is -2.30. The molecule has 1 aliphatic carbocycles. The second-order valence-corrected chi connectivity index (χ2v) is 4.27. The van der Waals surface area contributed by atoms with Crippen LogP contribution in [-0.4, -0.2) is 11.6 Å². The molecule has 3 heteroatoms. The van der Waals surface area contributed by atoms with Crippen molar-refractivity contribution in [3.05, 3.63) is 10.6 Å². The Morgan fingerprint density at radius 3 is 2.92 bits per heavy atom. The lowest BCUT2D eigenvalue weighted by atomic mass is 9.88. The van der Waals surface area contributed by atoms with Gasteiger partial charge in [0, 0.05) is 17.3 Å². The van der Waals surface area contributed by atoms with Crippen molar-refractivity contribution in [2.75, 3.05) is 0 Å². The number of hydrogen-bond donors (Lipinski definition) is 0. The molecule has 0 amide bonds. The van der Waals surface area contributed by atoms with E-state index >= 15 is 0 Å². The van der Waals surface area contributed by atoms with Gasteiger partial charge in [-0.25, -0.2) is 0 Å². The number of allylic oxidation sites excluding steroid dienone is 1. The lowest BCUT2D eigenvalue weighted by Crippen LogP contribution is -2.30. The number of hydrogen-bond acceptors (Lipinski definition) is 2. The second-order valence-electron chi connectivity index (χ2n) is 3.41. The molecule has 2 aliphatic rings. The van der Waals surface area contributed by atoms with Crippen molar-refractivity contribution >= 4 is 21.9 Å². The minimum atomic E-state index is -0.269. The van der Waals surface area contributed by atoms with Gasteiger partial charge in [0.2, 0.25) is 0 Å². The van der Waals surface area contributed by atoms with Gasteiger partial charge in [-0.1, -0.05) is 22.0 Å². The molecule has 1 atom stereocenters. The van der Waals surface area contributed by atoms with Crippen LogP contribution in [0.5, 0.6) is 0 Å². The highest BCUT2D eigenvalue weighted by Gasteiger charge is 2.43. The molecule has 1 spiro atoms. The van der Waals surface area contributed by atoms with Crippen molar-refractivity contribution < 1.29 is 9.53 Å². The molecule has 0 aromatic rings. The van der Waals surface area contributed by atoms with Gasteiger partial charge >= 0.3 is 5.97 Å². The van der Waals surface area contributed by atoms with Crippen LogP contribution in [0.1, 0.15) is 32.1 Å². The average Bonchev–Trinajstić information content (AvgIpc) is 2.41. The van der Waals surface area contributed by atoms with Gasteiger partial charge < -0.3 is 4.74 Å². The van der Waals surface area contributed by atoms with Crippen LogP contribution in [0.3, 0.4) is 0 Å². The zero-order valence-electron chi connectivity index (χ0n) is 6.81. The summed E-state index contributed by atoms with van der Waals surface area (Å²) in [5.74, 6) is -0.0535. The third-order valence-electron chi connectivity index (χ3n) is 2.59. The van der Waals surface area contributed by atoms with E-state index in [4.69, 9.17) is 4.74 Å². The number of carbonyl (C=O) groups excluding carboxylic acids is 1. The molecule has 12 heavy (non-hydrogen) atoms. The summed E-state index contributed by atoms with van der Waals surface area (Å²) in [7, 11) is 0. The molecule has 1 unspecified atom stereocenters. The Labute approximate surface area is 80.1 Å². The molecule has 2 nitrogen and oxygen atoms in total. The van der Waals surface area contributed by atoms with Crippen molar-refractivity contribution in [2.24, 2.45) is 0 Å². The van der Waals surface area contributed by atoms with Gasteiger partial charge in [0.15, 0.2) is 0 Å². The van der Waals surface area contributed by atoms with Crippen molar-refractivity contribution in [2.45, 2.75) is 37.7 Å². The monoisotopic (exact) mass is 230 g/mol. The van der Waals surface area contributed by atoms with E-state index in [1.165, 1.54) is 0 Å². The Morgan fingerprint density at radius 1 is 1.50 bits per heavy atom. The van der Waals surface area contributed by atoms with Gasteiger partial charge in [-0.3, -0.25) is 4.79 Å². The molecule has 1 aliphatic heterocycles. The van der Waals surface area contributed by atoms with Crippen molar-refractivity contribution in [1.82, 2.24) is 0 Å². The fraction of sp³-hybridized carbons (Fsp3) is 0.667. The molecule has 1 fully saturated rings. The molecule has 0 aromatic carbocycles. The van der Waals surface area contributed by atoms with E-state index in [0.29, 0.717) is 6.42 Å². The number of esters is 1. The predicted octanol–water partition coefficient (Wildman–Crippen LogP) is 2.52. The van der Waals surface area contributed by atoms with E-state index in [2.05, 4.69) is 22.0 Å². The first-order valence-corrected chi connectivity index (χ1v) is 5.10. The highest BCUT2D eigenvalue weighted by Crippen LogP contribution is 2.43. The molecule has 1 saturated heterocycles. The summed E-state index contributed by atoms with van der Waals surface area (Å²) in [6.45, 7) is 0. The molecule has 0 saturated carbocycles. The zero-order chi connectivity index (χ0) is 8.60. The molecular weight excluding hydrogens is 220 g/mol. The van der Waals surface area contributed by atoms with Crippen LogP contribution in [-0.2, 0) is 9.53 Å². The molecule has 0 radical (unpaired) electrons. The summed E-state index contributed by atoms with van der Waals surface area (Å²) in [6, 6.07) is 0. The third kappa shape index (κ3) is 1.20. The van der Waals surface area contributed by atoms with Gasteiger partial charge in [-0.2, -0.15) is 0 Å². The van der Waals surface area contributed by atoms with Gasteiger partial charge in [0.25, 0.3) is 0 Å². The van der Waals surface area contributed by atoms with Crippen molar-refractivity contribution in [1.29, 1.82) is 0 Å². The number of carbonyl (C=O) groups is 1. The van der Waals surface area contributed by atoms with E-state index in [1.807, 2.05) is 0 Å². The minimum absolute atomic E-state index is 0.0535. The quantitative estimate of drug-likeness (QED) is 0.599. The molecule has 2 rings (SSSR count). The van der Waals surface area contributed by atoms with Crippen LogP contribution in [0.15, 0.2) is 10.6 Å². The van der Waals surface area contributed by atoms with Gasteiger partial charge in [-0.15, -0.1) is 0 Å². The SMILES string of the molecule is O=C1CCC2(CCCC=C2Br)O1. The first kappa shape index (κ1) is 8.30. The normalized spacial score (nSPS) is 35.1. The van der Waals surface area contributed by atoms with E-state index in [1.54, 1.807) is 0 Å². The zero-order valence-corrected chi connectivity index (χ0v) is 8.39. The Morgan fingerprint density at radius 2 is 2.33 bits per heavy atom. The Balaban J connectivity index is 2.25. The van der Waals surface area contributed by atoms with Crippen LogP contribution in [0.25, 0.3) is 0 Å². The Kier molecular flexibility index (Phi) is 1.99. The molecule has 0 bridgehead atoms. The summed E-state index contributed by atoms with van der Waals surface area (Å²) in [5.41, 5.74) is -0.269. The fourth-order valence-electron chi connectivity index (χ4n) is 1.89. The molecular formula is C9H11BrO2. The standard InChI is InChI=1S/C9H11BrO2/c10-7-3-1-2-5-9(7)6-4-8(11)12-9/h3H,1-2,4-6H2. The van der Waals surface area contributed by atoms with E-state index in [0.717, 1.165) is 30.2 Å². The molecule has 0 N–H and O–H groups in total. The third-order valence-corrected chi connectivity index (χ3v) is 3.63. The first-order valence-electron chi connectivity index (χ1n) is 4.31. The predicted molar refractivity (Wildman–Crippen MR) is 48.9 cm³/mol. The maximum Gasteiger partial charge on any atom is 0.306 e. The highest BCUT2D eigenvalue weighted by molar-refractivity contribution is 9.11. The fourth-order valence-corrected chi connectivity index (χ4v) is 2.60. The van der Waals surface area contributed by atoms with Crippen LogP contribution < -0.4 is 0 Å². The molecule has 66 valence electrons. The van der Waals surface area contributed by atoms with Crippen molar-refractivity contribution in [3.8, 4) is 0 Å². The minimum Gasteiger partial charge on any atom is -0.454 e. The lowest BCUT2D eigenvalue weighted by molar-refractivity contribution is -0.146. The van der Waals surface area contributed by atoms with E-state index in [-0.39, 0.29) is 11.6 Å². The molecule has 1 heterocycles. The average molecular weight is 231 g/mol. The highest BCUT2D eigenvalue weighted by atomic mass is 79.9. The summed E-state index contributed by atoms with van der Waals surface area (Å²) in [5, 5.41) is 0. The Bertz CT molecular complexity index is 247. The van der Waals surface area contributed by atoms with Crippen LogP contribution >= 0.6 is 15.9 Å². The van der Waals surface area contributed by atoms with Gasteiger partial charge in [0.05, 0.1) is 0 Å². The number of halogens is 1. The van der Waals surface area contributed by atoms with Crippen LogP contribution in [0.2, 0.25) is 0 Å².